The molecule has 68 valence electrons. The summed E-state index contributed by atoms with van der Waals surface area (Å²) in [6.07, 6.45) is 7.40. The Labute approximate surface area is 78.0 Å². The van der Waals surface area contributed by atoms with Crippen molar-refractivity contribution in [1.29, 1.82) is 0 Å². The average molecular weight is 180 g/mol. The number of allylic oxidation sites excluding steroid dienone is 4. The topological polar surface area (TPSA) is 0 Å². The Morgan fingerprint density at radius 1 is 1.17 bits per heavy atom. The Morgan fingerprint density at radius 2 is 1.83 bits per heavy atom. The molecule has 0 aromatic rings. The maximum atomic E-state index is 2.42. The predicted octanol–water partition coefficient (Wildman–Crippen LogP) is 3.31. The highest BCUT2D eigenvalue weighted by molar-refractivity contribution is 6.64. The van der Waals surface area contributed by atoms with Gasteiger partial charge in [-0.05, 0) is 18.8 Å². The van der Waals surface area contributed by atoms with Gasteiger partial charge in [-0.15, -0.1) is 0 Å². The largest absolute Gasteiger partial charge is 0.0843 e. The van der Waals surface area contributed by atoms with Crippen LogP contribution < -0.4 is 0 Å². The Kier molecular flexibility index (Phi) is 3.33. The minimum absolute atomic E-state index is 0.494. The fraction of sp³-hybridized carbons (Fsp3) is 0.636. The van der Waals surface area contributed by atoms with Gasteiger partial charge in [0.25, 0.3) is 0 Å². The van der Waals surface area contributed by atoms with Gasteiger partial charge in [-0.1, -0.05) is 49.9 Å². The Hall–Kier alpha value is -0.303. The SMILES string of the molecule is CC(C)C1=CC=C([SiH](C)C)CC1. The number of hydrogen-bond acceptors (Lipinski definition) is 0. The van der Waals surface area contributed by atoms with Crippen LogP contribution in [-0.2, 0) is 0 Å². The van der Waals surface area contributed by atoms with Gasteiger partial charge >= 0.3 is 0 Å². The van der Waals surface area contributed by atoms with Crippen molar-refractivity contribution in [3.05, 3.63) is 22.9 Å². The molecule has 0 atom stereocenters. The monoisotopic (exact) mass is 180 g/mol. The van der Waals surface area contributed by atoms with E-state index in [2.05, 4.69) is 39.1 Å². The lowest BCUT2D eigenvalue weighted by molar-refractivity contribution is 0.706. The maximum absolute atomic E-state index is 2.42. The van der Waals surface area contributed by atoms with Crippen LogP contribution >= 0.6 is 0 Å². The molecule has 0 nitrogen and oxygen atoms in total. The zero-order valence-corrected chi connectivity index (χ0v) is 9.88. The molecule has 1 heteroatoms. The van der Waals surface area contributed by atoms with E-state index in [1.807, 2.05) is 0 Å². The van der Waals surface area contributed by atoms with E-state index < -0.39 is 8.80 Å². The van der Waals surface area contributed by atoms with E-state index in [1.165, 1.54) is 12.8 Å². The lowest BCUT2D eigenvalue weighted by atomic mass is 9.95. The third-order valence-electron chi connectivity index (χ3n) is 2.70. The van der Waals surface area contributed by atoms with Crippen LogP contribution in [0.3, 0.4) is 0 Å². The minimum Gasteiger partial charge on any atom is -0.0843 e. The summed E-state index contributed by atoms with van der Waals surface area (Å²) < 4.78 is 0. The fourth-order valence-corrected chi connectivity index (χ4v) is 2.83. The zero-order chi connectivity index (χ0) is 9.14. The molecule has 1 aliphatic carbocycles. The molecule has 1 aliphatic rings. The average Bonchev–Trinajstić information content (AvgIpc) is 2.04. The first-order valence-corrected chi connectivity index (χ1v) is 7.89. The summed E-state index contributed by atoms with van der Waals surface area (Å²) in [5.74, 6) is 0.747. The highest BCUT2D eigenvalue weighted by atomic mass is 28.3. The van der Waals surface area contributed by atoms with E-state index in [0.29, 0.717) is 0 Å². The molecular formula is C11H20Si. The van der Waals surface area contributed by atoms with Gasteiger partial charge in [0.15, 0.2) is 0 Å². The van der Waals surface area contributed by atoms with Gasteiger partial charge in [-0.2, -0.15) is 0 Å². The van der Waals surface area contributed by atoms with Crippen LogP contribution in [0.25, 0.3) is 0 Å². The van der Waals surface area contributed by atoms with Crippen LogP contribution in [0.5, 0.6) is 0 Å². The second-order valence-corrected chi connectivity index (χ2v) is 7.34. The first kappa shape index (κ1) is 9.78. The molecule has 0 fully saturated rings. The van der Waals surface area contributed by atoms with Gasteiger partial charge < -0.3 is 0 Å². The lowest BCUT2D eigenvalue weighted by Crippen LogP contribution is -2.09. The summed E-state index contributed by atoms with van der Waals surface area (Å²) in [6.45, 7) is 9.41. The lowest BCUT2D eigenvalue weighted by Gasteiger charge is -2.18. The molecule has 0 radical (unpaired) electrons. The van der Waals surface area contributed by atoms with Gasteiger partial charge in [-0.3, -0.25) is 0 Å². The normalized spacial score (nSPS) is 18.2. The third-order valence-corrected chi connectivity index (χ3v) is 4.66. The summed E-state index contributed by atoms with van der Waals surface area (Å²) in [5.41, 5.74) is 1.63. The van der Waals surface area contributed by atoms with Crippen molar-refractivity contribution in [2.45, 2.75) is 39.8 Å². The molecule has 0 aromatic heterocycles. The van der Waals surface area contributed by atoms with Crippen molar-refractivity contribution < 1.29 is 0 Å². The number of hydrogen-bond donors (Lipinski definition) is 0. The first-order chi connectivity index (χ1) is 5.61. The Balaban J connectivity index is 2.66. The highest BCUT2D eigenvalue weighted by Gasteiger charge is 2.11. The fourth-order valence-electron chi connectivity index (χ4n) is 1.63. The zero-order valence-electron chi connectivity index (χ0n) is 8.72. The molecule has 12 heavy (non-hydrogen) atoms. The summed E-state index contributed by atoms with van der Waals surface area (Å²) in [6, 6.07) is 0. The van der Waals surface area contributed by atoms with Crippen molar-refractivity contribution >= 4 is 8.80 Å². The minimum atomic E-state index is -0.494. The molecule has 0 unspecified atom stereocenters. The van der Waals surface area contributed by atoms with Crippen molar-refractivity contribution in [2.24, 2.45) is 5.92 Å². The summed E-state index contributed by atoms with van der Waals surface area (Å²) in [7, 11) is -0.494. The van der Waals surface area contributed by atoms with E-state index in [0.717, 1.165) is 5.92 Å². The van der Waals surface area contributed by atoms with Crippen LogP contribution in [0.15, 0.2) is 22.9 Å². The molecule has 0 saturated carbocycles. The van der Waals surface area contributed by atoms with Crippen molar-refractivity contribution in [3.63, 3.8) is 0 Å². The van der Waals surface area contributed by atoms with Crippen LogP contribution in [0.4, 0.5) is 0 Å². The maximum Gasteiger partial charge on any atom is 0.0595 e. The van der Waals surface area contributed by atoms with E-state index in [1.54, 1.807) is 10.8 Å². The molecule has 0 amide bonds. The molecule has 0 N–H and O–H groups in total. The molecule has 0 saturated heterocycles. The van der Waals surface area contributed by atoms with E-state index in [-0.39, 0.29) is 0 Å². The second-order valence-electron chi connectivity index (χ2n) is 4.29. The van der Waals surface area contributed by atoms with Gasteiger partial charge in [-0.25, -0.2) is 0 Å². The predicted molar refractivity (Wildman–Crippen MR) is 59.1 cm³/mol. The van der Waals surface area contributed by atoms with Crippen LogP contribution in [0, 0.1) is 5.92 Å². The van der Waals surface area contributed by atoms with Gasteiger partial charge in [0.2, 0.25) is 0 Å². The smallest absolute Gasteiger partial charge is 0.0595 e. The standard InChI is InChI=1S/C11H20Si/c1-9(2)10-5-7-11(8-6-10)12(3)4/h5,7,9,12H,6,8H2,1-4H3. The third kappa shape index (κ3) is 2.34. The molecule has 1 rings (SSSR count). The van der Waals surface area contributed by atoms with Crippen LogP contribution in [-0.4, -0.2) is 8.80 Å². The van der Waals surface area contributed by atoms with Gasteiger partial charge in [0.1, 0.15) is 0 Å². The van der Waals surface area contributed by atoms with Gasteiger partial charge in [0, 0.05) is 0 Å². The van der Waals surface area contributed by atoms with E-state index >= 15 is 0 Å². The van der Waals surface area contributed by atoms with Crippen molar-refractivity contribution in [2.75, 3.05) is 0 Å². The molecule has 0 bridgehead atoms. The summed E-state index contributed by atoms with van der Waals surface area (Å²) in [4.78, 5) is 0. The quantitative estimate of drug-likeness (QED) is 0.572. The number of rotatable bonds is 2. The highest BCUT2D eigenvalue weighted by Crippen LogP contribution is 2.24. The summed E-state index contributed by atoms with van der Waals surface area (Å²) >= 11 is 0. The van der Waals surface area contributed by atoms with Crippen LogP contribution in [0.1, 0.15) is 26.7 Å². The van der Waals surface area contributed by atoms with E-state index in [9.17, 15) is 0 Å². The summed E-state index contributed by atoms with van der Waals surface area (Å²) in [5, 5.41) is 1.75. The Bertz CT molecular complexity index is 185. The molecule has 0 heterocycles. The Morgan fingerprint density at radius 3 is 2.17 bits per heavy atom. The van der Waals surface area contributed by atoms with E-state index in [4.69, 9.17) is 0 Å². The second kappa shape index (κ2) is 4.08. The van der Waals surface area contributed by atoms with Crippen LogP contribution in [0.2, 0.25) is 13.1 Å². The molecular weight excluding hydrogens is 160 g/mol. The molecule has 0 aromatic carbocycles. The van der Waals surface area contributed by atoms with Crippen molar-refractivity contribution in [1.82, 2.24) is 0 Å². The first-order valence-electron chi connectivity index (χ1n) is 5.00. The van der Waals surface area contributed by atoms with Gasteiger partial charge in [0.05, 0.1) is 8.80 Å². The van der Waals surface area contributed by atoms with Crippen molar-refractivity contribution in [3.8, 4) is 0 Å². The molecule has 0 aliphatic heterocycles. The molecule has 0 spiro atoms.